The lowest BCUT2D eigenvalue weighted by Crippen LogP contribution is -2.29. The van der Waals surface area contributed by atoms with Crippen molar-refractivity contribution in [3.63, 3.8) is 0 Å². The van der Waals surface area contributed by atoms with Gasteiger partial charge in [-0.15, -0.1) is 0 Å². The maximum absolute atomic E-state index is 11.4. The number of phenols is 1. The van der Waals surface area contributed by atoms with Crippen LogP contribution in [0.25, 0.3) is 0 Å². The van der Waals surface area contributed by atoms with Gasteiger partial charge in [0.25, 0.3) is 0 Å². The number of carbonyl (C=O) groups excluding carboxylic acids is 1. The number of phenolic OH excluding ortho intramolecular Hbond substituents is 1. The summed E-state index contributed by atoms with van der Waals surface area (Å²) >= 11 is 0. The molecule has 0 heterocycles. The number of rotatable bonds is 11. The molecule has 0 spiro atoms. The van der Waals surface area contributed by atoms with Crippen molar-refractivity contribution in [2.75, 3.05) is 24.7 Å². The third-order valence-corrected chi connectivity index (χ3v) is 5.58. The van der Waals surface area contributed by atoms with Gasteiger partial charge < -0.3 is 19.5 Å². The maximum Gasteiger partial charge on any atom is 0.344 e. The molecule has 3 aromatic carbocycles. The molecule has 3 aromatic rings. The highest BCUT2D eigenvalue weighted by atomic mass is 16.6. The smallest absolute Gasteiger partial charge is 0.344 e. The van der Waals surface area contributed by atoms with Crippen LogP contribution < -0.4 is 9.64 Å². The molecule has 0 saturated carbocycles. The highest BCUT2D eigenvalue weighted by Crippen LogP contribution is 2.37. The third kappa shape index (κ3) is 9.01. The highest BCUT2D eigenvalue weighted by Gasteiger charge is 2.21. The molecule has 35 heavy (non-hydrogen) atoms. The number of hydrogen-bond donors (Lipinski definition) is 1. The fraction of sp³-hybridized carbons (Fsp3) is 0.367. The molecule has 0 fully saturated rings. The summed E-state index contributed by atoms with van der Waals surface area (Å²) in [6.07, 6.45) is 3.02. The first-order valence-electron chi connectivity index (χ1n) is 12.5. The van der Waals surface area contributed by atoms with E-state index < -0.39 is 5.97 Å². The molecule has 1 atom stereocenters. The zero-order valence-electron chi connectivity index (χ0n) is 21.4. The predicted molar refractivity (Wildman–Crippen MR) is 143 cm³/mol. The van der Waals surface area contributed by atoms with Crippen molar-refractivity contribution in [3.8, 4) is 11.5 Å². The monoisotopic (exact) mass is 477 g/mol. The highest BCUT2D eigenvalue weighted by molar-refractivity contribution is 5.71. The molecule has 0 unspecified atom stereocenters. The van der Waals surface area contributed by atoms with Crippen molar-refractivity contribution < 1.29 is 19.4 Å². The molecule has 0 aliphatic carbocycles. The summed E-state index contributed by atoms with van der Waals surface area (Å²) in [6, 6.07) is 26.1. The summed E-state index contributed by atoms with van der Waals surface area (Å²) in [6.45, 7) is 9.15. The van der Waals surface area contributed by atoms with Gasteiger partial charge >= 0.3 is 5.97 Å². The topological polar surface area (TPSA) is 59.0 Å². The summed E-state index contributed by atoms with van der Waals surface area (Å²) in [4.78, 5) is 13.7. The van der Waals surface area contributed by atoms with E-state index in [1.54, 1.807) is 19.1 Å². The summed E-state index contributed by atoms with van der Waals surface area (Å²) in [5, 5.41) is 10.6. The molecule has 0 saturated heterocycles. The first-order chi connectivity index (χ1) is 17.0. The van der Waals surface area contributed by atoms with E-state index in [9.17, 15) is 9.90 Å². The van der Waals surface area contributed by atoms with Crippen LogP contribution in [0.3, 0.4) is 0 Å². The van der Waals surface area contributed by atoms with Gasteiger partial charge in [0.05, 0.1) is 18.3 Å². The Labute approximate surface area is 210 Å². The van der Waals surface area contributed by atoms with E-state index >= 15 is 0 Å². The Bertz CT molecular complexity index is 992. The number of ether oxygens (including phenoxy) is 2. The van der Waals surface area contributed by atoms with E-state index in [0.717, 1.165) is 31.5 Å². The fourth-order valence-corrected chi connectivity index (χ4v) is 3.89. The molecule has 5 heteroatoms. The van der Waals surface area contributed by atoms with Crippen molar-refractivity contribution in [2.45, 2.75) is 53.0 Å². The van der Waals surface area contributed by atoms with Gasteiger partial charge in [-0.2, -0.15) is 0 Å². The molecule has 5 nitrogen and oxygen atoms in total. The Balaban J connectivity index is 0.000000456. The van der Waals surface area contributed by atoms with E-state index in [1.807, 2.05) is 30.3 Å². The number of esters is 1. The van der Waals surface area contributed by atoms with Gasteiger partial charge in [-0.05, 0) is 49.4 Å². The van der Waals surface area contributed by atoms with Crippen molar-refractivity contribution in [2.24, 2.45) is 0 Å². The van der Waals surface area contributed by atoms with Gasteiger partial charge in [0, 0.05) is 12.6 Å². The van der Waals surface area contributed by atoms with Gasteiger partial charge in [0.1, 0.15) is 11.5 Å². The number of aryl methyl sites for hydroxylation is 1. The minimum Gasteiger partial charge on any atom is -0.506 e. The van der Waals surface area contributed by atoms with Crippen LogP contribution in [0.5, 0.6) is 11.5 Å². The normalized spacial score (nSPS) is 11.1. The Morgan fingerprint density at radius 3 is 2.09 bits per heavy atom. The SMILES string of the molecule is CCCN(c1ccc(OCC(=O)OCC)cc1O)[C@@H](CC)c1ccccc1.CCc1ccccc1. The van der Waals surface area contributed by atoms with Gasteiger partial charge in [-0.1, -0.05) is 81.4 Å². The summed E-state index contributed by atoms with van der Waals surface area (Å²) in [7, 11) is 0. The van der Waals surface area contributed by atoms with Gasteiger partial charge in [-0.3, -0.25) is 0 Å². The van der Waals surface area contributed by atoms with Crippen LogP contribution in [0.2, 0.25) is 0 Å². The summed E-state index contributed by atoms with van der Waals surface area (Å²) < 4.78 is 10.3. The molecule has 188 valence electrons. The first kappa shape index (κ1) is 27.8. The lowest BCUT2D eigenvalue weighted by molar-refractivity contribution is -0.145. The number of nitrogens with zero attached hydrogens (tertiary/aromatic N) is 1. The lowest BCUT2D eigenvalue weighted by atomic mass is 10.0. The van der Waals surface area contributed by atoms with Crippen LogP contribution in [0, 0.1) is 0 Å². The molecule has 0 amide bonds. The van der Waals surface area contributed by atoms with E-state index in [1.165, 1.54) is 11.1 Å². The zero-order valence-corrected chi connectivity index (χ0v) is 21.4. The Kier molecular flexibility index (Phi) is 12.2. The number of anilines is 1. The average Bonchev–Trinajstić information content (AvgIpc) is 2.89. The van der Waals surface area contributed by atoms with Gasteiger partial charge in [0.15, 0.2) is 6.61 Å². The Morgan fingerprint density at radius 1 is 0.914 bits per heavy atom. The van der Waals surface area contributed by atoms with Crippen LogP contribution in [0.1, 0.15) is 57.7 Å². The van der Waals surface area contributed by atoms with Crippen molar-refractivity contribution >= 4 is 11.7 Å². The molecule has 0 aliphatic heterocycles. The van der Waals surface area contributed by atoms with E-state index in [-0.39, 0.29) is 18.4 Å². The number of benzene rings is 3. The predicted octanol–water partition coefficient (Wildman–Crippen LogP) is 6.95. The van der Waals surface area contributed by atoms with Crippen LogP contribution in [0.15, 0.2) is 78.9 Å². The number of carbonyl (C=O) groups is 1. The van der Waals surface area contributed by atoms with Crippen LogP contribution in [-0.4, -0.2) is 30.8 Å². The van der Waals surface area contributed by atoms with Crippen molar-refractivity contribution in [1.29, 1.82) is 0 Å². The fourth-order valence-electron chi connectivity index (χ4n) is 3.89. The number of aromatic hydroxyl groups is 1. The van der Waals surface area contributed by atoms with Crippen LogP contribution in [-0.2, 0) is 16.0 Å². The third-order valence-electron chi connectivity index (χ3n) is 5.58. The number of hydrogen-bond acceptors (Lipinski definition) is 5. The molecule has 0 aliphatic rings. The van der Waals surface area contributed by atoms with Gasteiger partial charge in [-0.25, -0.2) is 4.79 Å². The molecule has 0 bridgehead atoms. The average molecular weight is 478 g/mol. The summed E-state index contributed by atoms with van der Waals surface area (Å²) in [5.41, 5.74) is 3.39. The summed E-state index contributed by atoms with van der Waals surface area (Å²) in [5.74, 6) is 0.150. The molecule has 1 N–H and O–H groups in total. The molecular formula is C30H39NO4. The molecular weight excluding hydrogens is 438 g/mol. The maximum atomic E-state index is 11.4. The minimum absolute atomic E-state index is 0.138. The first-order valence-corrected chi connectivity index (χ1v) is 12.5. The molecule has 3 rings (SSSR count). The van der Waals surface area contributed by atoms with E-state index in [2.05, 4.69) is 62.1 Å². The van der Waals surface area contributed by atoms with Crippen molar-refractivity contribution in [1.82, 2.24) is 0 Å². The van der Waals surface area contributed by atoms with Crippen molar-refractivity contribution in [3.05, 3.63) is 90.0 Å². The second kappa shape index (κ2) is 15.4. The quantitative estimate of drug-likeness (QED) is 0.303. The Morgan fingerprint density at radius 2 is 1.57 bits per heavy atom. The standard InChI is InChI=1S/C22H29NO4.C8H10/c1-4-14-23(19(5-2)17-10-8-7-9-11-17)20-13-12-18(15-21(20)24)27-16-22(25)26-6-3;1-2-8-6-4-3-5-7-8/h7-13,15,19,24H,4-6,14,16H2,1-3H3;3-7H,2H2,1H3/t19-;/m0./s1. The van der Waals surface area contributed by atoms with E-state index in [0.29, 0.717) is 12.4 Å². The Hall–Kier alpha value is -3.47. The van der Waals surface area contributed by atoms with Crippen LogP contribution >= 0.6 is 0 Å². The largest absolute Gasteiger partial charge is 0.506 e. The molecule has 0 radical (unpaired) electrons. The molecule has 0 aromatic heterocycles. The second-order valence-corrected chi connectivity index (χ2v) is 8.11. The lowest BCUT2D eigenvalue weighted by Gasteiger charge is -2.34. The van der Waals surface area contributed by atoms with E-state index in [4.69, 9.17) is 9.47 Å². The second-order valence-electron chi connectivity index (χ2n) is 8.11. The van der Waals surface area contributed by atoms with Crippen LogP contribution in [0.4, 0.5) is 5.69 Å². The van der Waals surface area contributed by atoms with Gasteiger partial charge in [0.2, 0.25) is 0 Å². The minimum atomic E-state index is -0.427. The zero-order chi connectivity index (χ0) is 25.5.